The zero-order valence-corrected chi connectivity index (χ0v) is 14.1. The molecule has 4 heteroatoms. The van der Waals surface area contributed by atoms with E-state index in [1.165, 1.54) is 31.2 Å². The van der Waals surface area contributed by atoms with Crippen LogP contribution in [-0.4, -0.2) is 35.1 Å². The molecule has 21 heavy (non-hydrogen) atoms. The molecule has 0 aromatic carbocycles. The van der Waals surface area contributed by atoms with E-state index in [0.717, 1.165) is 25.4 Å². The van der Waals surface area contributed by atoms with Gasteiger partial charge in [0, 0.05) is 25.9 Å². The van der Waals surface area contributed by atoms with E-state index < -0.39 is 0 Å². The maximum atomic E-state index is 6.30. The first-order valence-corrected chi connectivity index (χ1v) is 8.38. The molecule has 0 amide bonds. The minimum Gasteiger partial charge on any atom is -0.374 e. The normalized spacial score (nSPS) is 27.7. The standard InChI is InChI=1S/C17H31N3O/c1-5-21-17(10-6-7-14(2)11-17)16(18-3)9-8-15-12-19-20(4)13-15/h12-14,16,18H,5-11H2,1-4H3. The zero-order valence-electron chi connectivity index (χ0n) is 14.1. The van der Waals surface area contributed by atoms with Gasteiger partial charge in [-0.1, -0.05) is 19.8 Å². The van der Waals surface area contributed by atoms with Gasteiger partial charge in [-0.3, -0.25) is 4.68 Å². The average molecular weight is 293 g/mol. The van der Waals surface area contributed by atoms with Gasteiger partial charge < -0.3 is 10.1 Å². The molecule has 1 aliphatic carbocycles. The molecule has 0 bridgehead atoms. The summed E-state index contributed by atoms with van der Waals surface area (Å²) in [6, 6.07) is 0.417. The Morgan fingerprint density at radius 1 is 1.57 bits per heavy atom. The van der Waals surface area contributed by atoms with E-state index in [2.05, 4.69) is 37.5 Å². The molecule has 3 atom stereocenters. The molecule has 4 nitrogen and oxygen atoms in total. The van der Waals surface area contributed by atoms with E-state index in [1.807, 2.05) is 17.9 Å². The van der Waals surface area contributed by atoms with Crippen LogP contribution in [0.3, 0.4) is 0 Å². The summed E-state index contributed by atoms with van der Waals surface area (Å²) in [5.41, 5.74) is 1.33. The summed E-state index contributed by atoms with van der Waals surface area (Å²) >= 11 is 0. The lowest BCUT2D eigenvalue weighted by atomic mass is 9.73. The number of nitrogens with one attached hydrogen (secondary N) is 1. The van der Waals surface area contributed by atoms with Crippen molar-refractivity contribution < 1.29 is 4.74 Å². The molecule has 1 fully saturated rings. The van der Waals surface area contributed by atoms with Crippen LogP contribution in [0.1, 0.15) is 51.5 Å². The van der Waals surface area contributed by atoms with Gasteiger partial charge in [0.2, 0.25) is 0 Å². The quantitative estimate of drug-likeness (QED) is 0.840. The zero-order chi connectivity index (χ0) is 15.3. The molecular formula is C17H31N3O. The number of nitrogens with zero attached hydrogens (tertiary/aromatic N) is 2. The van der Waals surface area contributed by atoms with Crippen LogP contribution < -0.4 is 5.32 Å². The molecule has 1 aliphatic rings. The van der Waals surface area contributed by atoms with Crippen LogP contribution in [0.5, 0.6) is 0 Å². The third kappa shape index (κ3) is 4.07. The number of aromatic nitrogens is 2. The molecule has 3 unspecified atom stereocenters. The van der Waals surface area contributed by atoms with Crippen molar-refractivity contribution >= 4 is 0 Å². The Bertz CT molecular complexity index is 427. The Hall–Kier alpha value is -0.870. The number of ether oxygens (including phenoxy) is 1. The van der Waals surface area contributed by atoms with Gasteiger partial charge in [0.15, 0.2) is 0 Å². The van der Waals surface area contributed by atoms with Gasteiger partial charge in [0.25, 0.3) is 0 Å². The summed E-state index contributed by atoms with van der Waals surface area (Å²) < 4.78 is 8.18. The largest absolute Gasteiger partial charge is 0.374 e. The predicted molar refractivity (Wildman–Crippen MR) is 86.4 cm³/mol. The molecular weight excluding hydrogens is 262 g/mol. The highest BCUT2D eigenvalue weighted by Gasteiger charge is 2.41. The van der Waals surface area contributed by atoms with E-state index in [4.69, 9.17) is 4.74 Å². The fourth-order valence-corrected chi connectivity index (χ4v) is 3.96. The minimum absolute atomic E-state index is 0.0172. The van der Waals surface area contributed by atoms with Crippen LogP contribution in [0.2, 0.25) is 0 Å². The second kappa shape index (κ2) is 7.41. The molecule has 1 N–H and O–H groups in total. The van der Waals surface area contributed by atoms with Gasteiger partial charge in [-0.25, -0.2) is 0 Å². The van der Waals surface area contributed by atoms with Crippen LogP contribution in [0, 0.1) is 5.92 Å². The second-order valence-corrected chi connectivity index (χ2v) is 6.60. The number of aryl methyl sites for hydroxylation is 2. The highest BCUT2D eigenvalue weighted by Crippen LogP contribution is 2.39. The Labute approximate surface area is 129 Å². The lowest BCUT2D eigenvalue weighted by Crippen LogP contribution is -2.54. The smallest absolute Gasteiger partial charge is 0.0837 e. The van der Waals surface area contributed by atoms with E-state index in [1.54, 1.807) is 0 Å². The molecule has 0 spiro atoms. The highest BCUT2D eigenvalue weighted by atomic mass is 16.5. The van der Waals surface area contributed by atoms with Gasteiger partial charge in [-0.15, -0.1) is 0 Å². The molecule has 0 saturated heterocycles. The average Bonchev–Trinajstić information content (AvgIpc) is 2.85. The van der Waals surface area contributed by atoms with E-state index in [-0.39, 0.29) is 5.60 Å². The molecule has 1 aromatic rings. The van der Waals surface area contributed by atoms with E-state index in [9.17, 15) is 0 Å². The van der Waals surface area contributed by atoms with Crippen molar-refractivity contribution in [2.75, 3.05) is 13.7 Å². The van der Waals surface area contributed by atoms with Crippen molar-refractivity contribution in [3.63, 3.8) is 0 Å². The number of rotatable bonds is 7. The third-order valence-corrected chi connectivity index (χ3v) is 4.89. The molecule has 0 aliphatic heterocycles. The molecule has 1 saturated carbocycles. The molecule has 120 valence electrons. The Kier molecular flexibility index (Phi) is 5.82. The summed E-state index contributed by atoms with van der Waals surface area (Å²) in [7, 11) is 4.05. The maximum absolute atomic E-state index is 6.30. The lowest BCUT2D eigenvalue weighted by molar-refractivity contribution is -0.100. The minimum atomic E-state index is 0.0172. The maximum Gasteiger partial charge on any atom is 0.0837 e. The summed E-state index contributed by atoms with van der Waals surface area (Å²) in [6.45, 7) is 5.29. The predicted octanol–water partition coefficient (Wildman–Crippen LogP) is 2.93. The first-order valence-electron chi connectivity index (χ1n) is 8.38. The lowest BCUT2D eigenvalue weighted by Gasteiger charge is -2.45. The first-order chi connectivity index (χ1) is 10.1. The van der Waals surface area contributed by atoms with Gasteiger partial charge in [0.1, 0.15) is 0 Å². The summed E-state index contributed by atoms with van der Waals surface area (Å²) in [6.07, 6.45) is 11.2. The Balaban J connectivity index is 2.04. The fourth-order valence-electron chi connectivity index (χ4n) is 3.96. The van der Waals surface area contributed by atoms with Gasteiger partial charge in [-0.2, -0.15) is 5.10 Å². The Morgan fingerprint density at radius 2 is 2.38 bits per heavy atom. The first kappa shape index (κ1) is 16.5. The van der Waals surface area contributed by atoms with Gasteiger partial charge in [-0.05, 0) is 51.1 Å². The fraction of sp³-hybridized carbons (Fsp3) is 0.824. The summed E-state index contributed by atoms with van der Waals surface area (Å²) in [4.78, 5) is 0. The van der Waals surface area contributed by atoms with Crippen molar-refractivity contribution in [1.82, 2.24) is 15.1 Å². The van der Waals surface area contributed by atoms with Crippen molar-refractivity contribution in [1.29, 1.82) is 0 Å². The Morgan fingerprint density at radius 3 is 2.95 bits per heavy atom. The summed E-state index contributed by atoms with van der Waals surface area (Å²) in [5.74, 6) is 0.763. The SMILES string of the molecule is CCOC1(C(CCc2cnn(C)c2)NC)CCCC(C)C1. The number of likely N-dealkylation sites (N-methyl/N-ethyl adjacent to an activating group) is 1. The van der Waals surface area contributed by atoms with Crippen LogP contribution in [-0.2, 0) is 18.2 Å². The van der Waals surface area contributed by atoms with Gasteiger partial charge >= 0.3 is 0 Å². The number of hydrogen-bond acceptors (Lipinski definition) is 3. The van der Waals surface area contributed by atoms with E-state index in [0.29, 0.717) is 6.04 Å². The van der Waals surface area contributed by atoms with Gasteiger partial charge in [0.05, 0.1) is 11.8 Å². The third-order valence-electron chi connectivity index (χ3n) is 4.89. The molecule has 1 heterocycles. The van der Waals surface area contributed by atoms with Crippen LogP contribution in [0.4, 0.5) is 0 Å². The highest BCUT2D eigenvalue weighted by molar-refractivity contribution is 5.06. The van der Waals surface area contributed by atoms with Crippen LogP contribution in [0.15, 0.2) is 12.4 Å². The van der Waals surface area contributed by atoms with Crippen LogP contribution >= 0.6 is 0 Å². The van der Waals surface area contributed by atoms with Crippen molar-refractivity contribution in [3.05, 3.63) is 18.0 Å². The number of hydrogen-bond donors (Lipinski definition) is 1. The van der Waals surface area contributed by atoms with E-state index >= 15 is 0 Å². The molecule has 2 rings (SSSR count). The second-order valence-electron chi connectivity index (χ2n) is 6.60. The van der Waals surface area contributed by atoms with Crippen molar-refractivity contribution in [2.45, 2.75) is 64.0 Å². The molecule has 1 aromatic heterocycles. The van der Waals surface area contributed by atoms with Crippen molar-refractivity contribution in [3.8, 4) is 0 Å². The van der Waals surface area contributed by atoms with Crippen molar-refractivity contribution in [2.24, 2.45) is 13.0 Å². The van der Waals surface area contributed by atoms with Crippen LogP contribution in [0.25, 0.3) is 0 Å². The monoisotopic (exact) mass is 293 g/mol. The summed E-state index contributed by atoms with van der Waals surface area (Å²) in [5, 5.41) is 7.81. The topological polar surface area (TPSA) is 39.1 Å². The molecule has 0 radical (unpaired) electrons.